The molecule has 0 aliphatic carbocycles. The number of aryl methyl sites for hydroxylation is 1. The number of nitrogens with zero attached hydrogens (tertiary/aromatic N) is 7. The molecule has 2 N–H and O–H groups in total. The lowest BCUT2D eigenvalue weighted by molar-refractivity contribution is -0.898. The van der Waals surface area contributed by atoms with E-state index in [2.05, 4.69) is 46.5 Å². The Labute approximate surface area is 244 Å². The van der Waals surface area contributed by atoms with Gasteiger partial charge in [-0.15, -0.1) is 0 Å². The smallest absolute Gasteiger partial charge is 0.358 e. The van der Waals surface area contributed by atoms with Crippen LogP contribution < -0.4 is 10.6 Å². The molecule has 0 unspecified atom stereocenters. The van der Waals surface area contributed by atoms with Gasteiger partial charge in [0.1, 0.15) is 24.5 Å². The Balaban J connectivity index is 1.44. The normalized spacial score (nSPS) is 11.8. The van der Waals surface area contributed by atoms with Crippen molar-refractivity contribution >= 4 is 67.5 Å². The van der Waals surface area contributed by atoms with Crippen molar-refractivity contribution < 1.29 is 14.2 Å². The molecular weight excluding hydrogens is 602 g/mol. The summed E-state index contributed by atoms with van der Waals surface area (Å²) in [5, 5.41) is 18.7. The van der Waals surface area contributed by atoms with Crippen LogP contribution in [0.3, 0.4) is 0 Å². The zero-order valence-corrected chi connectivity index (χ0v) is 24.7. The molecule has 14 heteroatoms. The van der Waals surface area contributed by atoms with E-state index in [-0.39, 0.29) is 11.7 Å². The Morgan fingerprint density at radius 2 is 2.02 bits per heavy atom. The highest BCUT2D eigenvalue weighted by Gasteiger charge is 2.30. The molecule has 0 spiro atoms. The molecule has 0 saturated carbocycles. The van der Waals surface area contributed by atoms with Crippen LogP contribution in [-0.2, 0) is 24.8 Å². The molecule has 1 amide bonds. The number of carbonyl (C=O) groups excluding carboxylic acids is 1. The van der Waals surface area contributed by atoms with Gasteiger partial charge in [-0.05, 0) is 56.2 Å². The fourth-order valence-corrected chi connectivity index (χ4v) is 4.55. The van der Waals surface area contributed by atoms with E-state index in [0.29, 0.717) is 63.1 Å². The third-order valence-electron chi connectivity index (χ3n) is 6.18. The van der Waals surface area contributed by atoms with Crippen LogP contribution in [0.4, 0.5) is 23.1 Å². The number of benzene rings is 1. The Morgan fingerprint density at radius 3 is 2.73 bits per heavy atom. The SMILES string of the molecule is CCc1nc([N+](=O)[O-])c(C[N+](C)(C)C/C=C/C(=O)Nc2cc3c(Nc4ccc(Br)c(Cl)c4)ncnc3cn2)n1C. The molecule has 0 bridgehead atoms. The van der Waals surface area contributed by atoms with Crippen LogP contribution in [0, 0.1) is 10.1 Å². The van der Waals surface area contributed by atoms with E-state index in [1.165, 1.54) is 12.4 Å². The topological polar surface area (TPSA) is 141 Å². The molecule has 4 rings (SSSR count). The average molecular weight is 630 g/mol. The first-order chi connectivity index (χ1) is 19.0. The van der Waals surface area contributed by atoms with Crippen LogP contribution in [0.15, 0.2) is 53.4 Å². The van der Waals surface area contributed by atoms with Crippen molar-refractivity contribution in [1.29, 1.82) is 0 Å². The van der Waals surface area contributed by atoms with Crippen LogP contribution in [0.2, 0.25) is 5.02 Å². The minimum Gasteiger partial charge on any atom is -0.358 e. The number of pyridine rings is 1. The van der Waals surface area contributed by atoms with E-state index in [1.54, 1.807) is 36.0 Å². The Hall–Kier alpha value is -3.94. The van der Waals surface area contributed by atoms with Gasteiger partial charge in [0.2, 0.25) is 11.7 Å². The number of carbonyl (C=O) groups is 1. The lowest BCUT2D eigenvalue weighted by atomic mass is 10.2. The van der Waals surface area contributed by atoms with E-state index in [1.807, 2.05) is 33.2 Å². The fraction of sp³-hybridized carbons (Fsp3) is 0.269. The fourth-order valence-electron chi connectivity index (χ4n) is 4.13. The van der Waals surface area contributed by atoms with Gasteiger partial charge in [0, 0.05) is 35.1 Å². The first-order valence-electron chi connectivity index (χ1n) is 12.3. The standard InChI is InChI=1S/C26H27BrClN9O3/c1-5-23-34-26(36(39)40)21(35(23)2)14-37(3,4)10-6-7-24(38)33-22-12-17-20(13-29-22)30-15-31-25(17)32-16-8-9-18(27)19(28)11-16/h6-9,11-13,15H,5,10,14H2,1-4H3,(H-,29,30,31,32,33,38)/p+1/b7-6+. The minimum absolute atomic E-state index is 0.129. The predicted octanol–water partition coefficient (Wildman–Crippen LogP) is 5.16. The first-order valence-corrected chi connectivity index (χ1v) is 13.5. The summed E-state index contributed by atoms with van der Waals surface area (Å²) < 4.78 is 2.94. The maximum absolute atomic E-state index is 12.7. The number of amides is 1. The maximum Gasteiger partial charge on any atom is 0.391 e. The Bertz CT molecular complexity index is 1620. The van der Waals surface area contributed by atoms with Gasteiger partial charge in [0.15, 0.2) is 5.69 Å². The second-order valence-corrected chi connectivity index (χ2v) is 11.0. The summed E-state index contributed by atoms with van der Waals surface area (Å²) in [6.07, 6.45) is 6.73. The third kappa shape index (κ3) is 6.79. The molecule has 0 atom stereocenters. The number of halogens is 2. The highest BCUT2D eigenvalue weighted by atomic mass is 79.9. The third-order valence-corrected chi connectivity index (χ3v) is 7.41. The summed E-state index contributed by atoms with van der Waals surface area (Å²) in [4.78, 5) is 40.8. The molecule has 3 heterocycles. The van der Waals surface area contributed by atoms with Crippen molar-refractivity contribution in [2.45, 2.75) is 19.9 Å². The summed E-state index contributed by atoms with van der Waals surface area (Å²) in [7, 11) is 5.65. The van der Waals surface area contributed by atoms with Crippen LogP contribution in [0.1, 0.15) is 18.4 Å². The summed E-state index contributed by atoms with van der Waals surface area (Å²) in [5.74, 6) is 1.03. The van der Waals surface area contributed by atoms with Gasteiger partial charge < -0.3 is 29.8 Å². The molecule has 4 aromatic rings. The Morgan fingerprint density at radius 1 is 1.25 bits per heavy atom. The van der Waals surface area contributed by atoms with Crippen LogP contribution >= 0.6 is 27.5 Å². The number of aromatic nitrogens is 5. The second-order valence-electron chi connectivity index (χ2n) is 9.70. The molecular formula is C26H28BrClN9O3+. The lowest BCUT2D eigenvalue weighted by Crippen LogP contribution is -2.39. The van der Waals surface area contributed by atoms with Gasteiger partial charge in [-0.25, -0.2) is 15.0 Å². The van der Waals surface area contributed by atoms with Crippen molar-refractivity contribution in [2.75, 3.05) is 31.3 Å². The minimum atomic E-state index is -0.450. The van der Waals surface area contributed by atoms with Gasteiger partial charge in [0.05, 0.1) is 37.4 Å². The maximum atomic E-state index is 12.7. The predicted molar refractivity (Wildman–Crippen MR) is 157 cm³/mol. The van der Waals surface area contributed by atoms with Crippen molar-refractivity contribution in [1.82, 2.24) is 24.5 Å². The second kappa shape index (κ2) is 12.1. The van der Waals surface area contributed by atoms with Crippen LogP contribution in [-0.4, -0.2) is 60.5 Å². The lowest BCUT2D eigenvalue weighted by Gasteiger charge is -2.28. The van der Waals surface area contributed by atoms with Crippen molar-refractivity contribution in [2.24, 2.45) is 7.05 Å². The summed E-state index contributed by atoms with van der Waals surface area (Å²) >= 11 is 9.59. The van der Waals surface area contributed by atoms with E-state index in [9.17, 15) is 14.9 Å². The number of nitro groups is 1. The number of anilines is 3. The molecule has 0 saturated heterocycles. The highest BCUT2D eigenvalue weighted by Crippen LogP contribution is 2.29. The summed E-state index contributed by atoms with van der Waals surface area (Å²) in [6.45, 7) is 2.74. The number of hydrogen-bond donors (Lipinski definition) is 2. The van der Waals surface area contributed by atoms with E-state index in [0.717, 1.165) is 10.2 Å². The molecule has 0 fully saturated rings. The van der Waals surface area contributed by atoms with E-state index < -0.39 is 4.92 Å². The molecule has 0 radical (unpaired) electrons. The average Bonchev–Trinajstić information content (AvgIpc) is 3.21. The van der Waals surface area contributed by atoms with Gasteiger partial charge in [-0.1, -0.05) is 18.5 Å². The van der Waals surface area contributed by atoms with Gasteiger partial charge >= 0.3 is 5.82 Å². The number of rotatable bonds is 10. The molecule has 208 valence electrons. The summed E-state index contributed by atoms with van der Waals surface area (Å²) in [5.41, 5.74) is 1.88. The van der Waals surface area contributed by atoms with E-state index in [4.69, 9.17) is 11.6 Å². The molecule has 40 heavy (non-hydrogen) atoms. The largest absolute Gasteiger partial charge is 0.391 e. The van der Waals surface area contributed by atoms with Crippen molar-refractivity contribution in [3.63, 3.8) is 0 Å². The van der Waals surface area contributed by atoms with Crippen molar-refractivity contribution in [3.05, 3.63) is 80.1 Å². The first kappa shape index (κ1) is 29.1. The van der Waals surface area contributed by atoms with Crippen molar-refractivity contribution in [3.8, 4) is 0 Å². The number of nitrogens with one attached hydrogen (secondary N) is 2. The van der Waals surface area contributed by atoms with E-state index >= 15 is 0 Å². The summed E-state index contributed by atoms with van der Waals surface area (Å²) in [6, 6.07) is 7.14. The molecule has 0 aliphatic rings. The highest BCUT2D eigenvalue weighted by molar-refractivity contribution is 9.10. The zero-order chi connectivity index (χ0) is 29.0. The van der Waals surface area contributed by atoms with Crippen LogP contribution in [0.25, 0.3) is 10.9 Å². The molecule has 3 aromatic heterocycles. The van der Waals surface area contributed by atoms with Gasteiger partial charge in [-0.3, -0.25) is 4.79 Å². The number of imidazole rings is 1. The number of hydrogen-bond acceptors (Lipinski definition) is 8. The molecule has 1 aromatic carbocycles. The van der Waals surface area contributed by atoms with Crippen LogP contribution in [0.5, 0.6) is 0 Å². The quantitative estimate of drug-likeness (QED) is 0.106. The van der Waals surface area contributed by atoms with Gasteiger partial charge in [0.25, 0.3) is 0 Å². The monoisotopic (exact) mass is 628 g/mol. The molecule has 0 aliphatic heterocycles. The zero-order valence-electron chi connectivity index (χ0n) is 22.4. The number of likely N-dealkylation sites (N-methyl/N-ethyl adjacent to an activating group) is 1. The van der Waals surface area contributed by atoms with Gasteiger partial charge in [-0.2, -0.15) is 0 Å². The number of fused-ring (bicyclic) bond motifs is 1. The Kier molecular flexibility index (Phi) is 8.76. The number of quaternary nitrogens is 1. The molecule has 12 nitrogen and oxygen atoms in total.